The molecule has 5 nitrogen and oxygen atoms in total. The van der Waals surface area contributed by atoms with Gasteiger partial charge in [0.2, 0.25) is 0 Å². The summed E-state index contributed by atoms with van der Waals surface area (Å²) in [5.41, 5.74) is 12.2. The highest BCUT2D eigenvalue weighted by atomic mass is 16.9. The minimum Gasteiger partial charge on any atom is -0.331 e. The highest BCUT2D eigenvalue weighted by molar-refractivity contribution is 4.86. The Morgan fingerprint density at radius 2 is 1.33 bits per heavy atom. The zero-order valence-electron chi connectivity index (χ0n) is 14.6. The van der Waals surface area contributed by atoms with E-state index in [9.17, 15) is 0 Å². The SMILES string of the molecule is CCCCCCCCC(C(N)C(C)N)C(OC)(OC)OC. The van der Waals surface area contributed by atoms with Crippen LogP contribution in [0.1, 0.15) is 58.8 Å². The minimum absolute atomic E-state index is 0.0938. The molecular formula is C16H36N2O3. The van der Waals surface area contributed by atoms with Gasteiger partial charge in [0.1, 0.15) is 0 Å². The molecule has 3 unspecified atom stereocenters. The molecule has 0 rings (SSSR count). The average Bonchev–Trinajstić information content (AvgIpc) is 2.49. The maximum Gasteiger partial charge on any atom is 0.286 e. The van der Waals surface area contributed by atoms with Gasteiger partial charge in [-0.2, -0.15) is 0 Å². The molecule has 128 valence electrons. The molecule has 21 heavy (non-hydrogen) atoms. The van der Waals surface area contributed by atoms with E-state index in [1.54, 1.807) is 21.3 Å². The number of nitrogens with two attached hydrogens (primary N) is 2. The molecule has 0 heterocycles. The van der Waals surface area contributed by atoms with Crippen LogP contribution in [0.3, 0.4) is 0 Å². The van der Waals surface area contributed by atoms with E-state index in [0.717, 1.165) is 12.8 Å². The van der Waals surface area contributed by atoms with E-state index in [2.05, 4.69) is 6.92 Å². The molecule has 0 aliphatic heterocycles. The molecular weight excluding hydrogens is 268 g/mol. The van der Waals surface area contributed by atoms with Gasteiger partial charge in [0, 0.05) is 33.4 Å². The summed E-state index contributed by atoms with van der Waals surface area (Å²) >= 11 is 0. The third kappa shape index (κ3) is 6.61. The van der Waals surface area contributed by atoms with Gasteiger partial charge in [0.05, 0.1) is 5.92 Å². The largest absolute Gasteiger partial charge is 0.331 e. The molecule has 0 aliphatic rings. The Morgan fingerprint density at radius 3 is 1.76 bits per heavy atom. The lowest BCUT2D eigenvalue weighted by atomic mass is 9.87. The van der Waals surface area contributed by atoms with Crippen LogP contribution in [0.5, 0.6) is 0 Å². The molecule has 0 bridgehead atoms. The monoisotopic (exact) mass is 304 g/mol. The van der Waals surface area contributed by atoms with E-state index in [4.69, 9.17) is 25.7 Å². The molecule has 3 atom stereocenters. The van der Waals surface area contributed by atoms with Crippen LogP contribution in [0, 0.1) is 5.92 Å². The van der Waals surface area contributed by atoms with Gasteiger partial charge in [-0.05, 0) is 13.3 Å². The third-order valence-electron chi connectivity index (χ3n) is 4.25. The first-order chi connectivity index (χ1) is 9.98. The predicted molar refractivity (Wildman–Crippen MR) is 86.9 cm³/mol. The van der Waals surface area contributed by atoms with Gasteiger partial charge in [0.15, 0.2) is 0 Å². The second-order valence-electron chi connectivity index (χ2n) is 5.82. The van der Waals surface area contributed by atoms with Crippen molar-refractivity contribution in [2.24, 2.45) is 17.4 Å². The predicted octanol–water partition coefficient (Wildman–Crippen LogP) is 2.62. The quantitative estimate of drug-likeness (QED) is 0.404. The van der Waals surface area contributed by atoms with Crippen molar-refractivity contribution in [1.82, 2.24) is 0 Å². The summed E-state index contributed by atoms with van der Waals surface area (Å²) in [7, 11) is 4.74. The first-order valence-electron chi connectivity index (χ1n) is 8.15. The molecule has 5 heteroatoms. The maximum atomic E-state index is 6.27. The average molecular weight is 304 g/mol. The van der Waals surface area contributed by atoms with Crippen LogP contribution >= 0.6 is 0 Å². The summed E-state index contributed by atoms with van der Waals surface area (Å²) in [6.07, 6.45) is 8.27. The summed E-state index contributed by atoms with van der Waals surface area (Å²) in [6.45, 7) is 4.13. The first-order valence-corrected chi connectivity index (χ1v) is 8.15. The van der Waals surface area contributed by atoms with Crippen molar-refractivity contribution >= 4 is 0 Å². The summed E-state index contributed by atoms with van der Waals surface area (Å²) in [5, 5.41) is 0. The fraction of sp³-hybridized carbons (Fsp3) is 1.00. The van der Waals surface area contributed by atoms with Crippen molar-refractivity contribution in [3.63, 3.8) is 0 Å². The lowest BCUT2D eigenvalue weighted by Gasteiger charge is -2.40. The second kappa shape index (κ2) is 11.4. The highest BCUT2D eigenvalue weighted by Crippen LogP contribution is 2.31. The highest BCUT2D eigenvalue weighted by Gasteiger charge is 2.44. The van der Waals surface area contributed by atoms with E-state index in [1.807, 2.05) is 6.92 Å². The Hall–Kier alpha value is -0.200. The first kappa shape index (κ1) is 20.8. The van der Waals surface area contributed by atoms with Gasteiger partial charge < -0.3 is 25.7 Å². The normalized spacial score (nSPS) is 16.7. The van der Waals surface area contributed by atoms with Gasteiger partial charge in [-0.3, -0.25) is 0 Å². The summed E-state index contributed by atoms with van der Waals surface area (Å²) < 4.78 is 16.5. The van der Waals surface area contributed by atoms with Gasteiger partial charge >= 0.3 is 0 Å². The second-order valence-corrected chi connectivity index (χ2v) is 5.82. The topological polar surface area (TPSA) is 79.7 Å². The lowest BCUT2D eigenvalue weighted by Crippen LogP contribution is -2.56. The van der Waals surface area contributed by atoms with Gasteiger partial charge in [-0.15, -0.1) is 0 Å². The molecule has 0 aromatic carbocycles. The fourth-order valence-corrected chi connectivity index (χ4v) is 2.82. The van der Waals surface area contributed by atoms with Crippen LogP contribution in [0.4, 0.5) is 0 Å². The molecule has 0 aliphatic carbocycles. The smallest absolute Gasteiger partial charge is 0.286 e. The maximum absolute atomic E-state index is 6.27. The third-order valence-corrected chi connectivity index (χ3v) is 4.25. The Kier molecular flexibility index (Phi) is 11.3. The van der Waals surface area contributed by atoms with E-state index in [1.165, 1.54) is 32.1 Å². The molecule has 0 radical (unpaired) electrons. The van der Waals surface area contributed by atoms with Crippen LogP contribution in [-0.4, -0.2) is 39.4 Å². The van der Waals surface area contributed by atoms with Crippen molar-refractivity contribution < 1.29 is 14.2 Å². The summed E-state index contributed by atoms with van der Waals surface area (Å²) in [4.78, 5) is 0. The van der Waals surface area contributed by atoms with Crippen molar-refractivity contribution in [2.75, 3.05) is 21.3 Å². The van der Waals surface area contributed by atoms with Crippen molar-refractivity contribution in [3.8, 4) is 0 Å². The fourth-order valence-electron chi connectivity index (χ4n) is 2.82. The zero-order valence-corrected chi connectivity index (χ0v) is 14.6. The Bertz CT molecular complexity index is 237. The summed E-state index contributed by atoms with van der Waals surface area (Å²) in [5.74, 6) is -1.21. The number of ether oxygens (including phenoxy) is 3. The molecule has 0 spiro atoms. The molecule has 0 saturated heterocycles. The number of unbranched alkanes of at least 4 members (excludes halogenated alkanes) is 5. The van der Waals surface area contributed by atoms with E-state index in [0.29, 0.717) is 0 Å². The molecule has 0 amide bonds. The Morgan fingerprint density at radius 1 is 0.857 bits per heavy atom. The standard InChI is InChI=1S/C16H36N2O3/c1-6-7-8-9-10-11-12-14(15(18)13(2)17)16(19-3,20-4)21-5/h13-15H,6-12,17-18H2,1-5H3. The van der Waals surface area contributed by atoms with Gasteiger partial charge in [-0.25, -0.2) is 0 Å². The van der Waals surface area contributed by atoms with E-state index >= 15 is 0 Å². The lowest BCUT2D eigenvalue weighted by molar-refractivity contribution is -0.382. The van der Waals surface area contributed by atoms with Gasteiger partial charge in [0.25, 0.3) is 5.97 Å². The minimum atomic E-state index is -1.11. The zero-order chi connectivity index (χ0) is 16.3. The van der Waals surface area contributed by atoms with Crippen LogP contribution < -0.4 is 11.5 Å². The molecule has 0 aromatic heterocycles. The van der Waals surface area contributed by atoms with Crippen LogP contribution in [0.15, 0.2) is 0 Å². The van der Waals surface area contributed by atoms with E-state index < -0.39 is 5.97 Å². The number of methoxy groups -OCH3 is 3. The van der Waals surface area contributed by atoms with Crippen LogP contribution in [0.25, 0.3) is 0 Å². The number of hydrogen-bond donors (Lipinski definition) is 2. The summed E-state index contributed by atoms with van der Waals surface area (Å²) in [6, 6.07) is -0.379. The van der Waals surface area contributed by atoms with Crippen molar-refractivity contribution in [3.05, 3.63) is 0 Å². The van der Waals surface area contributed by atoms with Gasteiger partial charge in [-0.1, -0.05) is 45.4 Å². The van der Waals surface area contributed by atoms with Crippen LogP contribution in [-0.2, 0) is 14.2 Å². The van der Waals surface area contributed by atoms with E-state index in [-0.39, 0.29) is 18.0 Å². The Balaban J connectivity index is 4.60. The Labute approximate surface area is 130 Å². The molecule has 0 aromatic rings. The number of hydrogen-bond acceptors (Lipinski definition) is 5. The molecule has 0 saturated carbocycles. The van der Waals surface area contributed by atoms with Crippen LogP contribution in [0.2, 0.25) is 0 Å². The number of rotatable bonds is 13. The molecule has 0 fully saturated rings. The molecule has 4 N–H and O–H groups in total. The van der Waals surface area contributed by atoms with Crippen molar-refractivity contribution in [2.45, 2.75) is 76.9 Å². The van der Waals surface area contributed by atoms with Crippen molar-refractivity contribution in [1.29, 1.82) is 0 Å².